The van der Waals surface area contributed by atoms with Crippen LogP contribution in [0.5, 0.6) is 0 Å². The third kappa shape index (κ3) is 4.87. The number of likely N-dealkylation sites (tertiary alicyclic amines) is 1. The molecule has 1 aliphatic heterocycles. The highest BCUT2D eigenvalue weighted by Crippen LogP contribution is 2.40. The van der Waals surface area contributed by atoms with Crippen molar-refractivity contribution in [3.05, 3.63) is 63.6 Å². The largest absolute Gasteiger partial charge is 0.297 e. The van der Waals surface area contributed by atoms with Crippen LogP contribution in [0.15, 0.2) is 47.4 Å². The minimum Gasteiger partial charge on any atom is -0.297 e. The molecule has 1 aromatic carbocycles. The van der Waals surface area contributed by atoms with E-state index in [1.165, 1.54) is 17.8 Å². The zero-order chi connectivity index (χ0) is 20.4. The smallest absolute Gasteiger partial charge is 0.186 e. The summed E-state index contributed by atoms with van der Waals surface area (Å²) < 4.78 is 14.6. The molecule has 2 heterocycles. The first-order chi connectivity index (χ1) is 14.0. The molecule has 0 bridgehead atoms. The minimum absolute atomic E-state index is 0.0497. The van der Waals surface area contributed by atoms with Gasteiger partial charge in [0.05, 0.1) is 6.04 Å². The third-order valence-corrected chi connectivity index (χ3v) is 7.45. The summed E-state index contributed by atoms with van der Waals surface area (Å²) >= 11 is 3.01. The molecule has 3 nitrogen and oxygen atoms in total. The number of Topliss-reactive ketones (excluding diaryl/α,β-unsaturated/α-hetero) is 1. The minimum atomic E-state index is -0.557. The molecule has 29 heavy (non-hydrogen) atoms. The maximum absolute atomic E-state index is 14.6. The molecule has 2 fully saturated rings. The molecule has 152 valence electrons. The molecule has 0 amide bonds. The van der Waals surface area contributed by atoms with Crippen molar-refractivity contribution in [2.75, 3.05) is 13.1 Å². The quantitative estimate of drug-likeness (QED) is 0.621. The van der Waals surface area contributed by atoms with Crippen LogP contribution < -0.4 is 0 Å². The molecule has 0 N–H and O–H groups in total. The maximum Gasteiger partial charge on any atom is 0.186 e. The molecule has 0 spiro atoms. The zero-order valence-corrected chi connectivity index (χ0v) is 18.0. The summed E-state index contributed by atoms with van der Waals surface area (Å²) in [6.45, 7) is 2.84. The molecular weight excluding hydrogens is 405 g/mol. The summed E-state index contributed by atoms with van der Waals surface area (Å²) in [7, 11) is 0. The average molecular weight is 430 g/mol. The van der Waals surface area contributed by atoms with Crippen molar-refractivity contribution in [3.8, 4) is 0 Å². The fourth-order valence-corrected chi connectivity index (χ4v) is 5.56. The van der Waals surface area contributed by atoms with Crippen LogP contribution in [0.25, 0.3) is 6.08 Å². The number of hydrogen-bond donors (Lipinski definition) is 0. The van der Waals surface area contributed by atoms with Crippen molar-refractivity contribution in [2.45, 2.75) is 37.5 Å². The first kappa shape index (κ1) is 20.5. The number of rotatable bonds is 6. The highest BCUT2D eigenvalue weighted by molar-refractivity contribution is 8.14. The molecule has 0 radical (unpaired) electrons. The predicted octanol–water partition coefficient (Wildman–Crippen LogP) is 5.35. The van der Waals surface area contributed by atoms with Crippen LogP contribution in [0.3, 0.4) is 0 Å². The maximum atomic E-state index is 14.6. The van der Waals surface area contributed by atoms with E-state index in [1.807, 2.05) is 11.4 Å². The summed E-state index contributed by atoms with van der Waals surface area (Å²) in [5.74, 6) is -0.146. The van der Waals surface area contributed by atoms with Gasteiger partial charge in [-0.15, -0.1) is 11.3 Å². The van der Waals surface area contributed by atoms with Gasteiger partial charge in [0.2, 0.25) is 0 Å². The number of carbonyl (C=O) groups excluding carboxylic acids is 2. The van der Waals surface area contributed by atoms with Gasteiger partial charge in [0.25, 0.3) is 0 Å². The number of ketones is 1. The van der Waals surface area contributed by atoms with Crippen LogP contribution >= 0.6 is 23.1 Å². The van der Waals surface area contributed by atoms with Crippen LogP contribution in [-0.4, -0.2) is 34.1 Å². The highest BCUT2D eigenvalue weighted by atomic mass is 32.2. The fourth-order valence-electron chi connectivity index (χ4n) is 3.95. The predicted molar refractivity (Wildman–Crippen MR) is 117 cm³/mol. The second-order valence-electron chi connectivity index (χ2n) is 7.69. The lowest BCUT2D eigenvalue weighted by Gasteiger charge is -2.38. The van der Waals surface area contributed by atoms with E-state index in [-0.39, 0.29) is 27.9 Å². The SMILES string of the molecule is CC(=O)SC1CCN(C(C(=O)C2CC2)c2ccccc2F)C/C1=C\c1cccs1. The number of piperidine rings is 1. The first-order valence-corrected chi connectivity index (χ1v) is 11.7. The average Bonchev–Trinajstić information content (AvgIpc) is 3.42. The van der Waals surface area contributed by atoms with Gasteiger partial charge >= 0.3 is 0 Å². The first-order valence-electron chi connectivity index (χ1n) is 9.96. The van der Waals surface area contributed by atoms with E-state index in [1.54, 1.807) is 36.5 Å². The van der Waals surface area contributed by atoms with Gasteiger partial charge in [-0.05, 0) is 48.4 Å². The van der Waals surface area contributed by atoms with Crippen molar-refractivity contribution in [2.24, 2.45) is 5.92 Å². The number of halogens is 1. The molecule has 6 heteroatoms. The molecule has 1 saturated heterocycles. The van der Waals surface area contributed by atoms with E-state index in [9.17, 15) is 14.0 Å². The van der Waals surface area contributed by atoms with Gasteiger partial charge in [-0.3, -0.25) is 14.5 Å². The molecule has 1 aromatic heterocycles. The van der Waals surface area contributed by atoms with Gasteiger partial charge < -0.3 is 0 Å². The number of thiophene rings is 1. The monoisotopic (exact) mass is 429 g/mol. The Balaban J connectivity index is 1.66. The van der Waals surface area contributed by atoms with E-state index < -0.39 is 6.04 Å². The van der Waals surface area contributed by atoms with E-state index in [4.69, 9.17) is 0 Å². The Bertz CT molecular complexity index is 921. The van der Waals surface area contributed by atoms with Crippen molar-refractivity contribution in [1.29, 1.82) is 0 Å². The van der Waals surface area contributed by atoms with Crippen LogP contribution in [-0.2, 0) is 9.59 Å². The normalized spacial score (nSPS) is 22.6. The number of benzene rings is 1. The van der Waals surface area contributed by atoms with Gasteiger partial charge in [0, 0.05) is 41.6 Å². The number of thioether (sulfide) groups is 1. The zero-order valence-electron chi connectivity index (χ0n) is 16.3. The van der Waals surface area contributed by atoms with Crippen LogP contribution in [0.4, 0.5) is 4.39 Å². The fraction of sp³-hybridized carbons (Fsp3) is 0.391. The molecule has 2 unspecified atom stereocenters. The Kier molecular flexibility index (Phi) is 6.32. The van der Waals surface area contributed by atoms with Crippen molar-refractivity contribution in [3.63, 3.8) is 0 Å². The van der Waals surface area contributed by atoms with E-state index >= 15 is 0 Å². The van der Waals surface area contributed by atoms with Gasteiger partial charge in [-0.1, -0.05) is 36.0 Å². The second kappa shape index (κ2) is 8.94. The van der Waals surface area contributed by atoms with E-state index in [2.05, 4.69) is 17.0 Å². The summed E-state index contributed by atoms with van der Waals surface area (Å²) in [6, 6.07) is 10.1. The standard InChI is InChI=1S/C23H24FNO2S2/c1-15(26)29-21-10-11-25(14-17(21)13-18-5-4-12-28-18)22(23(27)16-8-9-16)19-6-2-3-7-20(19)24/h2-7,12-13,16,21-22H,8-11,14H2,1H3/b17-13+. The lowest BCUT2D eigenvalue weighted by atomic mass is 9.93. The summed E-state index contributed by atoms with van der Waals surface area (Å²) in [6.07, 6.45) is 4.71. The molecule has 2 atom stereocenters. The van der Waals surface area contributed by atoms with Crippen LogP contribution in [0.1, 0.15) is 42.7 Å². The van der Waals surface area contributed by atoms with Gasteiger partial charge in [-0.25, -0.2) is 4.39 Å². The number of nitrogens with zero attached hydrogens (tertiary/aromatic N) is 1. The van der Waals surface area contributed by atoms with Gasteiger partial charge in [-0.2, -0.15) is 0 Å². The Morgan fingerprint density at radius 3 is 2.66 bits per heavy atom. The topological polar surface area (TPSA) is 37.4 Å². The van der Waals surface area contributed by atoms with E-state index in [0.29, 0.717) is 18.7 Å². The Morgan fingerprint density at radius 2 is 2.00 bits per heavy atom. The van der Waals surface area contributed by atoms with Crippen molar-refractivity contribution in [1.82, 2.24) is 4.90 Å². The van der Waals surface area contributed by atoms with Crippen LogP contribution in [0.2, 0.25) is 0 Å². The Morgan fingerprint density at radius 1 is 1.21 bits per heavy atom. The summed E-state index contributed by atoms with van der Waals surface area (Å²) in [4.78, 5) is 28.2. The highest BCUT2D eigenvalue weighted by Gasteiger charge is 2.41. The summed E-state index contributed by atoms with van der Waals surface area (Å²) in [5.41, 5.74) is 1.60. The van der Waals surface area contributed by atoms with Crippen molar-refractivity contribution < 1.29 is 14.0 Å². The molecule has 1 saturated carbocycles. The molecule has 2 aliphatic rings. The molecule has 4 rings (SSSR count). The van der Waals surface area contributed by atoms with E-state index in [0.717, 1.165) is 29.7 Å². The van der Waals surface area contributed by atoms with Gasteiger partial charge in [0.1, 0.15) is 5.82 Å². The molecule has 2 aromatic rings. The lowest BCUT2D eigenvalue weighted by Crippen LogP contribution is -2.43. The molecular formula is C23H24FNO2S2. The van der Waals surface area contributed by atoms with Gasteiger partial charge in [0.15, 0.2) is 10.9 Å². The summed E-state index contributed by atoms with van der Waals surface area (Å²) in [5, 5.41) is 2.22. The Labute approximate surface area is 179 Å². The number of hydrogen-bond acceptors (Lipinski definition) is 5. The van der Waals surface area contributed by atoms with Crippen LogP contribution in [0, 0.1) is 11.7 Å². The lowest BCUT2D eigenvalue weighted by molar-refractivity contribution is -0.126. The number of carbonyl (C=O) groups is 2. The molecule has 1 aliphatic carbocycles. The Hall–Kier alpha value is -1.76. The third-order valence-electron chi connectivity index (χ3n) is 5.47. The second-order valence-corrected chi connectivity index (χ2v) is 10.1. The van der Waals surface area contributed by atoms with Crippen molar-refractivity contribution >= 4 is 40.1 Å².